The average molecular weight is 623 g/mol. The number of alkyl halides is 3. The molecule has 0 spiro atoms. The predicted octanol–water partition coefficient (Wildman–Crippen LogP) is 6.77. The third-order valence-electron chi connectivity index (χ3n) is 7.79. The summed E-state index contributed by atoms with van der Waals surface area (Å²) >= 11 is 0. The van der Waals surface area contributed by atoms with Crippen molar-refractivity contribution in [2.75, 3.05) is 6.61 Å². The van der Waals surface area contributed by atoms with Gasteiger partial charge in [-0.15, -0.1) is 0 Å². The Morgan fingerprint density at radius 2 is 1.53 bits per heavy atom. The molecule has 1 aliphatic rings. The zero-order valence-electron chi connectivity index (χ0n) is 25.8. The van der Waals surface area contributed by atoms with E-state index in [1.54, 1.807) is 51.1 Å². The van der Waals surface area contributed by atoms with Gasteiger partial charge in [-0.3, -0.25) is 9.59 Å². The maximum Gasteiger partial charge on any atom is 0.417 e. The van der Waals surface area contributed by atoms with E-state index < -0.39 is 67.7 Å². The van der Waals surface area contributed by atoms with E-state index in [9.17, 15) is 27.6 Å². The molecule has 1 saturated heterocycles. The van der Waals surface area contributed by atoms with E-state index in [1.807, 2.05) is 33.9 Å². The quantitative estimate of drug-likeness (QED) is 0.150. The van der Waals surface area contributed by atoms with E-state index in [4.69, 9.17) is 19.6 Å². The molecule has 0 aliphatic carbocycles. The van der Waals surface area contributed by atoms with Gasteiger partial charge >= 0.3 is 18.2 Å². The highest BCUT2D eigenvalue weighted by Gasteiger charge is 2.51. The average Bonchev–Trinajstić information content (AvgIpc) is 3.26. The van der Waals surface area contributed by atoms with Crippen molar-refractivity contribution in [3.05, 3.63) is 71.3 Å². The van der Waals surface area contributed by atoms with Crippen LogP contribution in [0.3, 0.4) is 0 Å². The fourth-order valence-electron chi connectivity index (χ4n) is 4.56. The Hall–Kier alpha value is -3.22. The number of nitrogens with zero attached hydrogens (tertiary/aromatic N) is 1. The van der Waals surface area contributed by atoms with Crippen LogP contribution in [0.15, 0.2) is 54.6 Å². The first-order valence-corrected chi connectivity index (χ1v) is 16.9. The summed E-state index contributed by atoms with van der Waals surface area (Å²) < 4.78 is 57.7. The summed E-state index contributed by atoms with van der Waals surface area (Å²) in [6.07, 6.45) is -6.90. The molecule has 12 heteroatoms. The van der Waals surface area contributed by atoms with Gasteiger partial charge in [-0.1, -0.05) is 63.2 Å². The highest BCUT2D eigenvalue weighted by Crippen LogP contribution is 2.42. The second-order valence-corrected chi connectivity index (χ2v) is 18.0. The standard InChI is InChI=1S/C31H41F3N2O6Si/c1-29(2,3)41-27(38)24(26(37)36-22(18-40-28(36)39)19-12-10-9-11-13-19)23(25(35)42-43(7,8)30(4,5)6)20-14-16-21(17-15-20)31(32,33)34/h9-17,22-25H,18,35H2,1-8H3/t22-,23-,24+,25?/m1/s1. The molecule has 3 rings (SSSR count). The van der Waals surface area contributed by atoms with Crippen molar-refractivity contribution < 1.29 is 41.5 Å². The van der Waals surface area contributed by atoms with Gasteiger partial charge in [0.1, 0.15) is 30.4 Å². The molecular weight excluding hydrogens is 581 g/mol. The minimum absolute atomic E-state index is 0.146. The van der Waals surface area contributed by atoms with Crippen LogP contribution in [0.5, 0.6) is 0 Å². The summed E-state index contributed by atoms with van der Waals surface area (Å²) in [5.41, 5.74) is 5.45. The zero-order chi connectivity index (χ0) is 32.5. The van der Waals surface area contributed by atoms with Gasteiger partial charge in [-0.2, -0.15) is 13.2 Å². The number of ether oxygens (including phenoxy) is 2. The lowest BCUT2D eigenvalue weighted by molar-refractivity contribution is -0.166. The number of hydrogen-bond donors (Lipinski definition) is 1. The molecule has 0 bridgehead atoms. The molecule has 1 fully saturated rings. The van der Waals surface area contributed by atoms with Gasteiger partial charge in [-0.25, -0.2) is 9.69 Å². The van der Waals surface area contributed by atoms with Gasteiger partial charge in [0.15, 0.2) is 8.32 Å². The van der Waals surface area contributed by atoms with Crippen LogP contribution in [0.4, 0.5) is 18.0 Å². The summed E-state index contributed by atoms with van der Waals surface area (Å²) in [6, 6.07) is 11.9. The Morgan fingerprint density at radius 3 is 2.02 bits per heavy atom. The summed E-state index contributed by atoms with van der Waals surface area (Å²) in [5.74, 6) is -5.02. The zero-order valence-corrected chi connectivity index (χ0v) is 26.8. The first kappa shape index (κ1) is 34.3. The van der Waals surface area contributed by atoms with Crippen molar-refractivity contribution in [2.24, 2.45) is 11.7 Å². The second-order valence-electron chi connectivity index (χ2n) is 13.2. The van der Waals surface area contributed by atoms with Crippen LogP contribution in [0.2, 0.25) is 18.1 Å². The summed E-state index contributed by atoms with van der Waals surface area (Å²) in [5, 5.41) is -0.335. The Morgan fingerprint density at radius 1 is 0.977 bits per heavy atom. The van der Waals surface area contributed by atoms with E-state index in [-0.39, 0.29) is 17.2 Å². The van der Waals surface area contributed by atoms with Crippen molar-refractivity contribution in [1.82, 2.24) is 4.90 Å². The molecule has 0 saturated carbocycles. The van der Waals surface area contributed by atoms with E-state index in [0.29, 0.717) is 5.56 Å². The number of benzene rings is 2. The van der Waals surface area contributed by atoms with Crippen LogP contribution in [0.1, 0.15) is 70.2 Å². The molecule has 2 aromatic rings. The maximum absolute atomic E-state index is 14.4. The molecule has 43 heavy (non-hydrogen) atoms. The van der Waals surface area contributed by atoms with E-state index >= 15 is 0 Å². The largest absolute Gasteiger partial charge is 0.459 e. The fourth-order valence-corrected chi connectivity index (χ4v) is 5.74. The van der Waals surface area contributed by atoms with Crippen LogP contribution in [-0.4, -0.2) is 49.6 Å². The first-order chi connectivity index (χ1) is 19.6. The molecular formula is C31H41F3N2O6Si. The van der Waals surface area contributed by atoms with Crippen molar-refractivity contribution in [3.8, 4) is 0 Å². The third-order valence-corrected chi connectivity index (χ3v) is 12.3. The van der Waals surface area contributed by atoms with Gasteiger partial charge in [-0.05, 0) is 62.2 Å². The van der Waals surface area contributed by atoms with Crippen LogP contribution in [-0.2, 0) is 29.7 Å². The van der Waals surface area contributed by atoms with Crippen molar-refractivity contribution in [1.29, 1.82) is 0 Å². The Kier molecular flexibility index (Phi) is 9.89. The minimum Gasteiger partial charge on any atom is -0.459 e. The van der Waals surface area contributed by atoms with Gasteiger partial charge in [0.25, 0.3) is 0 Å². The number of halogens is 3. The fraction of sp³-hybridized carbons (Fsp3) is 0.516. The highest BCUT2D eigenvalue weighted by atomic mass is 28.4. The van der Waals surface area contributed by atoms with Crippen LogP contribution in [0.25, 0.3) is 0 Å². The normalized spacial score (nSPS) is 18.6. The molecule has 236 valence electrons. The SMILES string of the molecule is CC(C)(C)OC(=O)[C@H](C(=O)N1C(=O)OC[C@@H]1c1ccccc1)[C@@H](c1ccc(C(F)(F)F)cc1)C(N)O[Si](C)(C)C(C)(C)C. The number of imide groups is 1. The van der Waals surface area contributed by atoms with Gasteiger partial charge in [0.2, 0.25) is 5.91 Å². The van der Waals surface area contributed by atoms with Crippen molar-refractivity contribution >= 4 is 26.3 Å². The Balaban J connectivity index is 2.21. The number of nitrogens with two attached hydrogens (primary N) is 1. The second kappa shape index (κ2) is 12.4. The highest BCUT2D eigenvalue weighted by molar-refractivity contribution is 6.74. The number of carbonyl (C=O) groups excluding carboxylic acids is 3. The number of rotatable bonds is 8. The summed E-state index contributed by atoms with van der Waals surface area (Å²) in [6.45, 7) is 14.5. The van der Waals surface area contributed by atoms with E-state index in [0.717, 1.165) is 17.0 Å². The number of cyclic esters (lactones) is 1. The lowest BCUT2D eigenvalue weighted by Crippen LogP contribution is -2.53. The maximum atomic E-state index is 14.4. The lowest BCUT2D eigenvalue weighted by atomic mass is 9.82. The number of carbonyl (C=O) groups is 3. The smallest absolute Gasteiger partial charge is 0.417 e. The van der Waals surface area contributed by atoms with E-state index in [1.165, 1.54) is 12.1 Å². The monoisotopic (exact) mass is 622 g/mol. The number of hydrogen-bond acceptors (Lipinski definition) is 7. The van der Waals surface area contributed by atoms with Crippen LogP contribution >= 0.6 is 0 Å². The van der Waals surface area contributed by atoms with Crippen LogP contribution in [0, 0.1) is 5.92 Å². The van der Waals surface area contributed by atoms with Gasteiger partial charge < -0.3 is 19.6 Å². The topological polar surface area (TPSA) is 108 Å². The van der Waals surface area contributed by atoms with Crippen LogP contribution < -0.4 is 5.73 Å². The molecule has 0 radical (unpaired) electrons. The molecule has 1 aliphatic heterocycles. The van der Waals surface area contributed by atoms with Gasteiger partial charge in [0, 0.05) is 5.92 Å². The first-order valence-electron chi connectivity index (χ1n) is 14.0. The molecule has 2 N–H and O–H groups in total. The molecule has 8 nitrogen and oxygen atoms in total. The van der Waals surface area contributed by atoms with Gasteiger partial charge in [0.05, 0.1) is 5.56 Å². The lowest BCUT2D eigenvalue weighted by Gasteiger charge is -2.42. The Labute approximate surface area is 251 Å². The van der Waals surface area contributed by atoms with Crippen molar-refractivity contribution in [3.63, 3.8) is 0 Å². The molecule has 2 aromatic carbocycles. The predicted molar refractivity (Wildman–Crippen MR) is 157 cm³/mol. The Bertz CT molecular complexity index is 1300. The molecule has 1 heterocycles. The molecule has 2 amide bonds. The third kappa shape index (κ3) is 8.04. The summed E-state index contributed by atoms with van der Waals surface area (Å²) in [4.78, 5) is 42.2. The minimum atomic E-state index is -4.61. The molecule has 0 aromatic heterocycles. The van der Waals surface area contributed by atoms with Crippen molar-refractivity contribution in [2.45, 2.75) is 89.6 Å². The molecule has 1 unspecified atom stereocenters. The number of esters is 1. The number of amides is 2. The molecule has 4 atom stereocenters. The summed E-state index contributed by atoms with van der Waals surface area (Å²) in [7, 11) is -2.65. The van der Waals surface area contributed by atoms with E-state index in [2.05, 4.69) is 0 Å².